The third-order valence-electron chi connectivity index (χ3n) is 5.39. The summed E-state index contributed by atoms with van der Waals surface area (Å²) in [5, 5.41) is 5.46. The first-order valence-corrected chi connectivity index (χ1v) is 9.13. The average Bonchev–Trinajstić information content (AvgIpc) is 2.69. The maximum atomic E-state index is 13.3. The SMILES string of the molecule is Cc1ccc(C2(C(=O)Nc3ccc4ccccc4c3)CCOCC2)cc1. The highest BCUT2D eigenvalue weighted by atomic mass is 16.5. The Morgan fingerprint density at radius 1 is 0.923 bits per heavy atom. The minimum atomic E-state index is -0.530. The zero-order valence-electron chi connectivity index (χ0n) is 15.0. The van der Waals surface area contributed by atoms with E-state index in [4.69, 9.17) is 4.74 Å². The zero-order chi connectivity index (χ0) is 18.0. The minimum absolute atomic E-state index is 0.0555. The third kappa shape index (κ3) is 3.11. The van der Waals surface area contributed by atoms with Gasteiger partial charge < -0.3 is 10.1 Å². The van der Waals surface area contributed by atoms with Gasteiger partial charge in [0, 0.05) is 18.9 Å². The molecule has 0 radical (unpaired) electrons. The summed E-state index contributed by atoms with van der Waals surface area (Å²) in [6.07, 6.45) is 1.41. The first-order chi connectivity index (χ1) is 12.7. The molecule has 3 nitrogen and oxygen atoms in total. The van der Waals surface area contributed by atoms with Gasteiger partial charge in [0.15, 0.2) is 0 Å². The Labute approximate surface area is 154 Å². The standard InChI is InChI=1S/C23H23NO2/c1-17-6-9-20(10-7-17)23(12-14-26-15-13-23)22(25)24-21-11-8-18-4-2-3-5-19(18)16-21/h2-11,16H,12-15H2,1H3,(H,24,25). The number of carbonyl (C=O) groups excluding carboxylic acids is 1. The number of anilines is 1. The number of hydrogen-bond acceptors (Lipinski definition) is 2. The van der Waals surface area contributed by atoms with Crippen molar-refractivity contribution in [3.05, 3.63) is 77.9 Å². The summed E-state index contributed by atoms with van der Waals surface area (Å²) in [5.74, 6) is 0.0555. The van der Waals surface area contributed by atoms with Gasteiger partial charge in [-0.2, -0.15) is 0 Å². The molecule has 3 aromatic carbocycles. The van der Waals surface area contributed by atoms with Crippen LogP contribution >= 0.6 is 0 Å². The Morgan fingerprint density at radius 2 is 1.62 bits per heavy atom. The lowest BCUT2D eigenvalue weighted by Gasteiger charge is -2.36. The van der Waals surface area contributed by atoms with E-state index in [1.807, 2.05) is 30.3 Å². The number of aryl methyl sites for hydroxylation is 1. The first-order valence-electron chi connectivity index (χ1n) is 9.13. The van der Waals surface area contributed by atoms with E-state index >= 15 is 0 Å². The molecule has 1 heterocycles. The van der Waals surface area contributed by atoms with Crippen LogP contribution in [0.4, 0.5) is 5.69 Å². The fraction of sp³-hybridized carbons (Fsp3) is 0.261. The lowest BCUT2D eigenvalue weighted by atomic mass is 9.73. The molecule has 3 aromatic rings. The van der Waals surface area contributed by atoms with Crippen LogP contribution in [0.5, 0.6) is 0 Å². The predicted octanol–water partition coefficient (Wildman–Crippen LogP) is 4.84. The monoisotopic (exact) mass is 345 g/mol. The van der Waals surface area contributed by atoms with Crippen LogP contribution in [0.3, 0.4) is 0 Å². The summed E-state index contributed by atoms with van der Waals surface area (Å²) in [5.41, 5.74) is 2.58. The highest BCUT2D eigenvalue weighted by Gasteiger charge is 2.41. The minimum Gasteiger partial charge on any atom is -0.381 e. The van der Waals surface area contributed by atoms with E-state index in [1.165, 1.54) is 10.9 Å². The number of rotatable bonds is 3. The molecule has 1 saturated heterocycles. The quantitative estimate of drug-likeness (QED) is 0.738. The molecule has 1 aliphatic rings. The van der Waals surface area contributed by atoms with Gasteiger partial charge in [-0.3, -0.25) is 4.79 Å². The molecule has 1 fully saturated rings. The summed E-state index contributed by atoms with van der Waals surface area (Å²) < 4.78 is 5.55. The predicted molar refractivity (Wildman–Crippen MR) is 105 cm³/mol. The smallest absolute Gasteiger partial charge is 0.235 e. The summed E-state index contributed by atoms with van der Waals surface area (Å²) in [6, 6.07) is 22.6. The second kappa shape index (κ2) is 6.93. The molecule has 0 aliphatic carbocycles. The van der Waals surface area contributed by atoms with E-state index in [9.17, 15) is 4.79 Å². The van der Waals surface area contributed by atoms with Gasteiger partial charge in [-0.1, -0.05) is 60.2 Å². The number of fused-ring (bicyclic) bond motifs is 1. The van der Waals surface area contributed by atoms with Crippen LogP contribution in [-0.4, -0.2) is 19.1 Å². The fourth-order valence-electron chi connectivity index (χ4n) is 3.76. The van der Waals surface area contributed by atoms with Gasteiger partial charge in [0.05, 0.1) is 5.41 Å². The van der Waals surface area contributed by atoms with E-state index in [0.717, 1.165) is 16.6 Å². The van der Waals surface area contributed by atoms with Gasteiger partial charge >= 0.3 is 0 Å². The Hall–Kier alpha value is -2.65. The molecular weight excluding hydrogens is 322 g/mol. The van der Waals surface area contributed by atoms with Gasteiger partial charge in [0.1, 0.15) is 0 Å². The van der Waals surface area contributed by atoms with Crippen molar-refractivity contribution in [1.82, 2.24) is 0 Å². The van der Waals surface area contributed by atoms with Gasteiger partial charge in [0.25, 0.3) is 0 Å². The topological polar surface area (TPSA) is 38.3 Å². The van der Waals surface area contributed by atoms with Crippen LogP contribution in [0, 0.1) is 6.92 Å². The van der Waals surface area contributed by atoms with Crippen LogP contribution in [0.2, 0.25) is 0 Å². The van der Waals surface area contributed by atoms with Gasteiger partial charge in [-0.15, -0.1) is 0 Å². The van der Waals surface area contributed by atoms with Crippen molar-refractivity contribution in [1.29, 1.82) is 0 Å². The summed E-state index contributed by atoms with van der Waals surface area (Å²) >= 11 is 0. The summed E-state index contributed by atoms with van der Waals surface area (Å²) in [4.78, 5) is 13.3. The number of nitrogens with one attached hydrogen (secondary N) is 1. The van der Waals surface area contributed by atoms with Crippen molar-refractivity contribution in [2.24, 2.45) is 0 Å². The molecule has 0 atom stereocenters. The molecular formula is C23H23NO2. The fourth-order valence-corrected chi connectivity index (χ4v) is 3.76. The van der Waals surface area contributed by atoms with E-state index in [0.29, 0.717) is 26.1 Å². The normalized spacial score (nSPS) is 16.3. The number of amides is 1. The van der Waals surface area contributed by atoms with Crippen LogP contribution in [-0.2, 0) is 14.9 Å². The van der Waals surface area contributed by atoms with E-state index in [-0.39, 0.29) is 5.91 Å². The number of ether oxygens (including phenoxy) is 1. The number of benzene rings is 3. The van der Waals surface area contributed by atoms with Crippen molar-refractivity contribution in [2.75, 3.05) is 18.5 Å². The van der Waals surface area contributed by atoms with E-state index < -0.39 is 5.41 Å². The van der Waals surface area contributed by atoms with Crippen molar-refractivity contribution in [3.63, 3.8) is 0 Å². The molecule has 1 N–H and O–H groups in total. The molecule has 0 bridgehead atoms. The Bertz CT molecular complexity index is 924. The molecule has 0 aromatic heterocycles. The maximum Gasteiger partial charge on any atom is 0.235 e. The molecule has 0 spiro atoms. The lowest BCUT2D eigenvalue weighted by Crippen LogP contribution is -2.44. The molecule has 26 heavy (non-hydrogen) atoms. The van der Waals surface area contributed by atoms with Crippen LogP contribution in [0.1, 0.15) is 24.0 Å². The van der Waals surface area contributed by atoms with Crippen molar-refractivity contribution >= 4 is 22.4 Å². The van der Waals surface area contributed by atoms with Gasteiger partial charge in [-0.25, -0.2) is 0 Å². The Morgan fingerprint density at radius 3 is 2.35 bits per heavy atom. The molecule has 0 unspecified atom stereocenters. The maximum absolute atomic E-state index is 13.3. The Balaban J connectivity index is 1.66. The van der Waals surface area contributed by atoms with E-state index in [2.05, 4.69) is 48.6 Å². The van der Waals surface area contributed by atoms with Crippen LogP contribution in [0.25, 0.3) is 10.8 Å². The van der Waals surface area contributed by atoms with Crippen molar-refractivity contribution in [2.45, 2.75) is 25.2 Å². The lowest BCUT2D eigenvalue weighted by molar-refractivity contribution is -0.125. The van der Waals surface area contributed by atoms with Crippen molar-refractivity contribution < 1.29 is 9.53 Å². The van der Waals surface area contributed by atoms with E-state index in [1.54, 1.807) is 0 Å². The molecule has 132 valence electrons. The molecule has 0 saturated carbocycles. The second-order valence-corrected chi connectivity index (χ2v) is 7.08. The molecule has 1 aliphatic heterocycles. The zero-order valence-corrected chi connectivity index (χ0v) is 15.0. The highest BCUT2D eigenvalue weighted by Crippen LogP contribution is 2.36. The molecule has 4 rings (SSSR count). The number of carbonyl (C=O) groups is 1. The van der Waals surface area contributed by atoms with Crippen molar-refractivity contribution in [3.8, 4) is 0 Å². The highest BCUT2D eigenvalue weighted by molar-refractivity contribution is 6.00. The summed E-state index contributed by atoms with van der Waals surface area (Å²) in [7, 11) is 0. The largest absolute Gasteiger partial charge is 0.381 e. The van der Waals surface area contributed by atoms with Crippen LogP contribution < -0.4 is 5.32 Å². The Kier molecular flexibility index (Phi) is 4.48. The second-order valence-electron chi connectivity index (χ2n) is 7.08. The first kappa shape index (κ1) is 16.8. The number of hydrogen-bond donors (Lipinski definition) is 1. The van der Waals surface area contributed by atoms with Crippen LogP contribution in [0.15, 0.2) is 66.7 Å². The summed E-state index contributed by atoms with van der Waals surface area (Å²) in [6.45, 7) is 3.29. The molecule has 1 amide bonds. The third-order valence-corrected chi connectivity index (χ3v) is 5.39. The van der Waals surface area contributed by atoms with Gasteiger partial charge in [-0.05, 0) is 48.2 Å². The molecule has 3 heteroatoms. The average molecular weight is 345 g/mol. The van der Waals surface area contributed by atoms with Gasteiger partial charge in [0.2, 0.25) is 5.91 Å².